The summed E-state index contributed by atoms with van der Waals surface area (Å²) >= 11 is 0. The number of rotatable bonds is 3. The number of nitrogens with zero attached hydrogens (tertiary/aromatic N) is 2. The lowest BCUT2D eigenvalue weighted by Crippen LogP contribution is -1.96. The van der Waals surface area contributed by atoms with Gasteiger partial charge < -0.3 is 9.53 Å². The average molecular weight is 190 g/mol. The molecular weight excluding hydrogens is 180 g/mol. The fourth-order valence-corrected chi connectivity index (χ4v) is 0.779. The molecule has 0 aromatic carbocycles. The van der Waals surface area contributed by atoms with Crippen LogP contribution in [0.25, 0.3) is 0 Å². The van der Waals surface area contributed by atoms with E-state index < -0.39 is 0 Å². The van der Waals surface area contributed by atoms with Crippen molar-refractivity contribution in [1.29, 1.82) is 0 Å². The molecule has 0 N–H and O–H groups in total. The zero-order valence-corrected chi connectivity index (χ0v) is 7.86. The van der Waals surface area contributed by atoms with Crippen molar-refractivity contribution in [3.8, 4) is 17.9 Å². The van der Waals surface area contributed by atoms with Crippen LogP contribution in [-0.2, 0) is 4.79 Å². The molecule has 0 saturated carbocycles. The first kappa shape index (κ1) is 10.2. The molecule has 0 spiro atoms. The van der Waals surface area contributed by atoms with Gasteiger partial charge in [-0.15, -0.1) is 0 Å². The van der Waals surface area contributed by atoms with Gasteiger partial charge in [0.2, 0.25) is 0 Å². The Morgan fingerprint density at radius 1 is 1.50 bits per heavy atom. The third kappa shape index (κ3) is 3.23. The molecule has 0 fully saturated rings. The van der Waals surface area contributed by atoms with E-state index in [-0.39, 0.29) is 6.42 Å². The fourth-order valence-electron chi connectivity index (χ4n) is 0.779. The van der Waals surface area contributed by atoms with Crippen molar-refractivity contribution in [2.75, 3.05) is 6.61 Å². The lowest BCUT2D eigenvalue weighted by atomic mass is 10.3. The standard InChI is InChI=1S/C10H10N2O2/c1-2-14-10-11-7-9(8-12-10)5-3-4-6-13/h6-8H,2,4H2,1H3. The van der Waals surface area contributed by atoms with E-state index >= 15 is 0 Å². The van der Waals surface area contributed by atoms with Crippen LogP contribution in [0.5, 0.6) is 6.01 Å². The number of carbonyl (C=O) groups is 1. The van der Waals surface area contributed by atoms with Crippen molar-refractivity contribution in [3.05, 3.63) is 18.0 Å². The Kier molecular flexibility index (Phi) is 4.15. The van der Waals surface area contributed by atoms with Crippen LogP contribution in [0.3, 0.4) is 0 Å². The molecular formula is C10H10N2O2. The summed E-state index contributed by atoms with van der Waals surface area (Å²) in [6.45, 7) is 2.40. The highest BCUT2D eigenvalue weighted by Crippen LogP contribution is 2.00. The average Bonchev–Trinajstić information content (AvgIpc) is 2.21. The van der Waals surface area contributed by atoms with Crippen molar-refractivity contribution < 1.29 is 9.53 Å². The fraction of sp³-hybridized carbons (Fsp3) is 0.300. The molecule has 1 aromatic rings. The van der Waals surface area contributed by atoms with E-state index in [1.165, 1.54) is 0 Å². The SMILES string of the molecule is CCOc1ncc(C#CCC=O)cn1. The quantitative estimate of drug-likeness (QED) is 0.523. The zero-order valence-electron chi connectivity index (χ0n) is 7.86. The van der Waals surface area contributed by atoms with Crippen LogP contribution in [0.15, 0.2) is 12.4 Å². The van der Waals surface area contributed by atoms with Crippen LogP contribution in [-0.4, -0.2) is 22.9 Å². The molecule has 0 bridgehead atoms. The Hall–Kier alpha value is -1.89. The van der Waals surface area contributed by atoms with Crippen molar-refractivity contribution in [2.24, 2.45) is 0 Å². The maximum atomic E-state index is 9.98. The molecule has 72 valence electrons. The van der Waals surface area contributed by atoms with E-state index in [0.717, 1.165) is 6.29 Å². The largest absolute Gasteiger partial charge is 0.464 e. The smallest absolute Gasteiger partial charge is 0.316 e. The zero-order chi connectivity index (χ0) is 10.2. The van der Waals surface area contributed by atoms with E-state index in [9.17, 15) is 4.79 Å². The van der Waals surface area contributed by atoms with Gasteiger partial charge >= 0.3 is 6.01 Å². The van der Waals surface area contributed by atoms with E-state index in [1.807, 2.05) is 6.92 Å². The Morgan fingerprint density at radius 2 is 2.21 bits per heavy atom. The highest BCUT2D eigenvalue weighted by atomic mass is 16.5. The molecule has 0 aliphatic heterocycles. The van der Waals surface area contributed by atoms with E-state index in [4.69, 9.17) is 4.74 Å². The summed E-state index contributed by atoms with van der Waals surface area (Å²) in [5, 5.41) is 0. The highest BCUT2D eigenvalue weighted by Gasteiger charge is 1.93. The maximum absolute atomic E-state index is 9.98. The summed E-state index contributed by atoms with van der Waals surface area (Å²) in [7, 11) is 0. The molecule has 1 heterocycles. The van der Waals surface area contributed by atoms with Gasteiger partial charge in [0.15, 0.2) is 0 Å². The molecule has 0 aliphatic rings. The lowest BCUT2D eigenvalue weighted by Gasteiger charge is -1.98. The summed E-state index contributed by atoms with van der Waals surface area (Å²) in [6.07, 6.45) is 4.11. The molecule has 0 atom stereocenters. The minimum Gasteiger partial charge on any atom is -0.464 e. The van der Waals surface area contributed by atoms with Gasteiger partial charge in [-0.2, -0.15) is 0 Å². The molecule has 1 aromatic heterocycles. The number of hydrogen-bond donors (Lipinski definition) is 0. The summed E-state index contributed by atoms with van der Waals surface area (Å²) in [5.74, 6) is 5.42. The van der Waals surface area contributed by atoms with Gasteiger partial charge in [-0.1, -0.05) is 11.8 Å². The molecule has 0 amide bonds. The summed E-state index contributed by atoms with van der Waals surface area (Å²) in [5.41, 5.74) is 0.676. The summed E-state index contributed by atoms with van der Waals surface area (Å²) in [6, 6.07) is 0.341. The maximum Gasteiger partial charge on any atom is 0.316 e. The molecule has 0 radical (unpaired) electrons. The predicted octanol–water partition coefficient (Wildman–Crippen LogP) is 0.816. The second-order valence-corrected chi connectivity index (χ2v) is 2.36. The number of carbonyl (C=O) groups excluding carboxylic acids is 1. The number of aldehydes is 1. The Morgan fingerprint density at radius 3 is 2.79 bits per heavy atom. The minimum atomic E-state index is 0.229. The van der Waals surface area contributed by atoms with Gasteiger partial charge in [-0.05, 0) is 6.92 Å². The number of hydrogen-bond acceptors (Lipinski definition) is 4. The van der Waals surface area contributed by atoms with E-state index in [0.29, 0.717) is 18.2 Å². The molecule has 1 rings (SSSR count). The number of aromatic nitrogens is 2. The van der Waals surface area contributed by atoms with Crippen molar-refractivity contribution >= 4 is 6.29 Å². The Bertz CT molecular complexity index is 349. The van der Waals surface area contributed by atoms with Crippen LogP contribution < -0.4 is 4.74 Å². The third-order valence-corrected chi connectivity index (χ3v) is 1.32. The second kappa shape index (κ2) is 5.70. The predicted molar refractivity (Wildman–Crippen MR) is 50.8 cm³/mol. The molecule has 0 aliphatic carbocycles. The Labute approximate surface area is 82.3 Å². The summed E-state index contributed by atoms with van der Waals surface area (Å²) in [4.78, 5) is 17.8. The highest BCUT2D eigenvalue weighted by molar-refractivity contribution is 5.54. The van der Waals surface area contributed by atoms with Gasteiger partial charge in [-0.25, -0.2) is 9.97 Å². The minimum absolute atomic E-state index is 0.229. The lowest BCUT2D eigenvalue weighted by molar-refractivity contribution is -0.107. The molecule has 0 saturated heterocycles. The van der Waals surface area contributed by atoms with E-state index in [2.05, 4.69) is 21.8 Å². The first-order valence-corrected chi connectivity index (χ1v) is 4.24. The molecule has 4 heteroatoms. The van der Waals surface area contributed by atoms with Crippen molar-refractivity contribution in [1.82, 2.24) is 9.97 Å². The topological polar surface area (TPSA) is 52.1 Å². The van der Waals surface area contributed by atoms with Gasteiger partial charge in [0.1, 0.15) is 6.29 Å². The van der Waals surface area contributed by atoms with Crippen LogP contribution in [0.1, 0.15) is 18.9 Å². The van der Waals surface area contributed by atoms with Crippen LogP contribution in [0.4, 0.5) is 0 Å². The monoisotopic (exact) mass is 190 g/mol. The molecule has 4 nitrogen and oxygen atoms in total. The van der Waals surface area contributed by atoms with Gasteiger partial charge in [0.05, 0.1) is 18.6 Å². The van der Waals surface area contributed by atoms with Gasteiger partial charge in [0, 0.05) is 12.4 Å². The number of ether oxygens (including phenoxy) is 1. The van der Waals surface area contributed by atoms with Gasteiger partial charge in [0.25, 0.3) is 0 Å². The van der Waals surface area contributed by atoms with Crippen LogP contribution in [0.2, 0.25) is 0 Å². The first-order chi connectivity index (χ1) is 6.86. The molecule has 14 heavy (non-hydrogen) atoms. The third-order valence-electron chi connectivity index (χ3n) is 1.32. The van der Waals surface area contributed by atoms with E-state index in [1.54, 1.807) is 12.4 Å². The van der Waals surface area contributed by atoms with Crippen LogP contribution in [0, 0.1) is 11.8 Å². The van der Waals surface area contributed by atoms with Crippen LogP contribution >= 0.6 is 0 Å². The van der Waals surface area contributed by atoms with Crippen molar-refractivity contribution in [2.45, 2.75) is 13.3 Å². The molecule has 0 unspecified atom stereocenters. The summed E-state index contributed by atoms with van der Waals surface area (Å²) < 4.78 is 5.06. The van der Waals surface area contributed by atoms with Gasteiger partial charge in [-0.3, -0.25) is 0 Å². The second-order valence-electron chi connectivity index (χ2n) is 2.36. The first-order valence-electron chi connectivity index (χ1n) is 4.24. The Balaban J connectivity index is 2.64. The van der Waals surface area contributed by atoms with Crippen molar-refractivity contribution in [3.63, 3.8) is 0 Å². The normalized spacial score (nSPS) is 8.64.